The normalized spacial score (nSPS) is 28.3. The Balaban J connectivity index is 1.77. The van der Waals surface area contributed by atoms with Gasteiger partial charge in [0.05, 0.1) is 12.0 Å². The monoisotopic (exact) mass is 308 g/mol. The number of rotatable bonds is 4. The number of ether oxygens (including phenoxy) is 1. The van der Waals surface area contributed by atoms with Crippen molar-refractivity contribution in [2.45, 2.75) is 56.8 Å². The first-order chi connectivity index (χ1) is 9.97. The fourth-order valence-corrected chi connectivity index (χ4v) is 3.10. The Morgan fingerprint density at radius 2 is 1.81 bits per heavy atom. The first-order valence-corrected chi connectivity index (χ1v) is 7.65. The summed E-state index contributed by atoms with van der Waals surface area (Å²) >= 11 is 0. The number of piperidine rings is 1. The van der Waals surface area contributed by atoms with Crippen LogP contribution in [0.5, 0.6) is 0 Å². The number of amides is 1. The Labute approximate surface area is 122 Å². The van der Waals surface area contributed by atoms with Gasteiger partial charge in [0.1, 0.15) is 6.61 Å². The van der Waals surface area contributed by atoms with Gasteiger partial charge in [0.15, 0.2) is 0 Å². The Kier molecular flexibility index (Phi) is 5.87. The zero-order valence-electron chi connectivity index (χ0n) is 12.0. The number of alkyl halides is 3. The van der Waals surface area contributed by atoms with Crippen molar-refractivity contribution >= 4 is 5.91 Å². The lowest BCUT2D eigenvalue weighted by Crippen LogP contribution is -2.49. The van der Waals surface area contributed by atoms with E-state index >= 15 is 0 Å². The quantitative estimate of drug-likeness (QED) is 0.835. The molecular formula is C14H23F3N2O2. The minimum absolute atomic E-state index is 0.0294. The Morgan fingerprint density at radius 1 is 1.14 bits per heavy atom. The van der Waals surface area contributed by atoms with Gasteiger partial charge in [-0.3, -0.25) is 4.79 Å². The zero-order valence-corrected chi connectivity index (χ0v) is 12.0. The second-order valence-corrected chi connectivity index (χ2v) is 5.87. The second kappa shape index (κ2) is 7.45. The molecule has 0 aromatic heterocycles. The van der Waals surface area contributed by atoms with E-state index in [9.17, 15) is 18.0 Å². The molecule has 0 bridgehead atoms. The van der Waals surface area contributed by atoms with E-state index in [0.29, 0.717) is 12.8 Å². The summed E-state index contributed by atoms with van der Waals surface area (Å²) in [6, 6.07) is -0.803. The molecule has 1 heterocycles. The van der Waals surface area contributed by atoms with Crippen molar-refractivity contribution in [1.82, 2.24) is 10.6 Å². The summed E-state index contributed by atoms with van der Waals surface area (Å²) in [5, 5.41) is 5.70. The van der Waals surface area contributed by atoms with Crippen LogP contribution in [0, 0.1) is 5.92 Å². The number of halogens is 3. The van der Waals surface area contributed by atoms with Crippen LogP contribution in [0.15, 0.2) is 0 Å². The van der Waals surface area contributed by atoms with E-state index in [1.165, 1.54) is 0 Å². The van der Waals surface area contributed by atoms with Crippen LogP contribution < -0.4 is 10.6 Å². The molecule has 122 valence electrons. The fraction of sp³-hybridized carbons (Fsp3) is 0.929. The Bertz CT molecular complexity index is 344. The molecule has 2 fully saturated rings. The lowest BCUT2D eigenvalue weighted by atomic mass is 9.84. The van der Waals surface area contributed by atoms with Crippen LogP contribution in [-0.2, 0) is 9.53 Å². The molecule has 0 radical (unpaired) electrons. The van der Waals surface area contributed by atoms with Crippen LogP contribution in [0.1, 0.15) is 38.5 Å². The molecule has 1 amide bonds. The topological polar surface area (TPSA) is 50.4 Å². The molecule has 1 saturated heterocycles. The zero-order chi connectivity index (χ0) is 15.3. The average Bonchev–Trinajstić information content (AvgIpc) is 2.46. The molecule has 2 rings (SSSR count). The predicted molar refractivity (Wildman–Crippen MR) is 71.8 cm³/mol. The molecule has 0 aromatic carbocycles. The van der Waals surface area contributed by atoms with Crippen molar-refractivity contribution in [3.63, 3.8) is 0 Å². The third-order valence-corrected chi connectivity index (χ3v) is 4.27. The summed E-state index contributed by atoms with van der Waals surface area (Å²) in [7, 11) is 0. The SMILES string of the molecule is O=C(COC1CCNCC1)NC1CCCCC1C(F)(F)F. The Hall–Kier alpha value is -0.820. The smallest absolute Gasteiger partial charge is 0.368 e. The molecule has 1 aliphatic carbocycles. The van der Waals surface area contributed by atoms with E-state index in [1.54, 1.807) is 0 Å². The van der Waals surface area contributed by atoms with Crippen LogP contribution in [0.4, 0.5) is 13.2 Å². The first kappa shape index (κ1) is 16.5. The number of carbonyl (C=O) groups excluding carboxylic acids is 1. The summed E-state index contributed by atoms with van der Waals surface area (Å²) in [6.07, 6.45) is -0.749. The highest BCUT2D eigenvalue weighted by molar-refractivity contribution is 5.77. The van der Waals surface area contributed by atoms with E-state index in [-0.39, 0.29) is 19.1 Å². The van der Waals surface area contributed by atoms with Gasteiger partial charge in [0.2, 0.25) is 5.91 Å². The van der Waals surface area contributed by atoms with Crippen molar-refractivity contribution in [2.24, 2.45) is 5.92 Å². The molecular weight excluding hydrogens is 285 g/mol. The third-order valence-electron chi connectivity index (χ3n) is 4.27. The van der Waals surface area contributed by atoms with Gasteiger partial charge in [-0.1, -0.05) is 12.8 Å². The van der Waals surface area contributed by atoms with Crippen molar-refractivity contribution in [1.29, 1.82) is 0 Å². The van der Waals surface area contributed by atoms with E-state index < -0.39 is 24.0 Å². The largest absolute Gasteiger partial charge is 0.393 e. The van der Waals surface area contributed by atoms with Crippen molar-refractivity contribution in [2.75, 3.05) is 19.7 Å². The Morgan fingerprint density at radius 3 is 2.48 bits per heavy atom. The maximum atomic E-state index is 12.9. The lowest BCUT2D eigenvalue weighted by molar-refractivity contribution is -0.189. The molecule has 0 spiro atoms. The van der Waals surface area contributed by atoms with Crippen LogP contribution in [-0.4, -0.2) is 43.9 Å². The summed E-state index contributed by atoms with van der Waals surface area (Å²) < 4.78 is 44.3. The average molecular weight is 308 g/mol. The number of nitrogens with one attached hydrogen (secondary N) is 2. The summed E-state index contributed by atoms with van der Waals surface area (Å²) in [5.41, 5.74) is 0. The molecule has 2 aliphatic rings. The molecule has 1 saturated carbocycles. The highest BCUT2D eigenvalue weighted by Gasteiger charge is 2.45. The van der Waals surface area contributed by atoms with E-state index in [0.717, 1.165) is 32.4 Å². The van der Waals surface area contributed by atoms with Crippen molar-refractivity contribution in [3.05, 3.63) is 0 Å². The van der Waals surface area contributed by atoms with Gasteiger partial charge in [-0.2, -0.15) is 13.2 Å². The molecule has 7 heteroatoms. The number of hydrogen-bond acceptors (Lipinski definition) is 3. The number of hydrogen-bond donors (Lipinski definition) is 2. The number of carbonyl (C=O) groups is 1. The van der Waals surface area contributed by atoms with Crippen LogP contribution in [0.3, 0.4) is 0 Å². The van der Waals surface area contributed by atoms with Crippen molar-refractivity contribution < 1.29 is 22.7 Å². The molecule has 2 atom stereocenters. The molecule has 2 N–H and O–H groups in total. The first-order valence-electron chi connectivity index (χ1n) is 7.65. The van der Waals surface area contributed by atoms with Gasteiger partial charge in [-0.25, -0.2) is 0 Å². The van der Waals surface area contributed by atoms with Crippen LogP contribution in [0.25, 0.3) is 0 Å². The fourth-order valence-electron chi connectivity index (χ4n) is 3.10. The maximum Gasteiger partial charge on any atom is 0.393 e. The van der Waals surface area contributed by atoms with Crippen LogP contribution >= 0.6 is 0 Å². The summed E-state index contributed by atoms with van der Waals surface area (Å²) in [5.74, 6) is -1.86. The predicted octanol–water partition coefficient (Wildman–Crippen LogP) is 1.99. The van der Waals surface area contributed by atoms with Gasteiger partial charge in [0, 0.05) is 6.04 Å². The minimum Gasteiger partial charge on any atom is -0.368 e. The van der Waals surface area contributed by atoms with Crippen molar-refractivity contribution in [3.8, 4) is 0 Å². The molecule has 2 unspecified atom stereocenters. The maximum absolute atomic E-state index is 12.9. The van der Waals surface area contributed by atoms with Gasteiger partial charge in [-0.15, -0.1) is 0 Å². The highest BCUT2D eigenvalue weighted by Crippen LogP contribution is 2.37. The van der Waals surface area contributed by atoms with Gasteiger partial charge < -0.3 is 15.4 Å². The van der Waals surface area contributed by atoms with E-state index in [1.807, 2.05) is 0 Å². The molecule has 4 nitrogen and oxygen atoms in total. The summed E-state index contributed by atoms with van der Waals surface area (Å²) in [4.78, 5) is 11.8. The molecule has 1 aliphatic heterocycles. The highest BCUT2D eigenvalue weighted by atomic mass is 19.4. The molecule has 0 aromatic rings. The third kappa shape index (κ3) is 5.14. The van der Waals surface area contributed by atoms with E-state index in [4.69, 9.17) is 4.74 Å². The van der Waals surface area contributed by atoms with Gasteiger partial charge in [-0.05, 0) is 38.8 Å². The van der Waals surface area contributed by atoms with Gasteiger partial charge >= 0.3 is 6.18 Å². The van der Waals surface area contributed by atoms with Gasteiger partial charge in [0.25, 0.3) is 0 Å². The molecule has 21 heavy (non-hydrogen) atoms. The standard InChI is InChI=1S/C14H23F3N2O2/c15-14(16,17)11-3-1-2-4-12(11)19-13(20)9-21-10-5-7-18-8-6-10/h10-12,18H,1-9H2,(H,19,20). The van der Waals surface area contributed by atoms with Crippen LogP contribution in [0.2, 0.25) is 0 Å². The second-order valence-electron chi connectivity index (χ2n) is 5.87. The lowest BCUT2D eigenvalue weighted by Gasteiger charge is -2.33. The minimum atomic E-state index is -4.24. The van der Waals surface area contributed by atoms with E-state index in [2.05, 4.69) is 10.6 Å². The summed E-state index contributed by atoms with van der Waals surface area (Å²) in [6.45, 7) is 1.56.